The molecule has 0 amide bonds. The lowest BCUT2D eigenvalue weighted by atomic mass is 10.0. The van der Waals surface area contributed by atoms with Crippen LogP contribution >= 0.6 is 0 Å². The molecule has 1 saturated heterocycles. The average molecular weight is 244 g/mol. The smallest absolute Gasteiger partial charge is 0.0471 e. The van der Waals surface area contributed by atoms with Gasteiger partial charge in [-0.1, -0.05) is 42.5 Å². The van der Waals surface area contributed by atoms with Gasteiger partial charge >= 0.3 is 0 Å². The first-order valence-electron chi connectivity index (χ1n) is 6.57. The van der Waals surface area contributed by atoms with Gasteiger partial charge in [0.1, 0.15) is 0 Å². The molecule has 18 heavy (non-hydrogen) atoms. The molecule has 2 nitrogen and oxygen atoms in total. The minimum absolute atomic E-state index is 0.216. The van der Waals surface area contributed by atoms with E-state index in [1.54, 1.807) is 0 Å². The van der Waals surface area contributed by atoms with Crippen LogP contribution in [0.15, 0.2) is 42.5 Å². The van der Waals surface area contributed by atoms with Crippen molar-refractivity contribution >= 4 is 10.8 Å². The van der Waals surface area contributed by atoms with Crippen LogP contribution in [0.3, 0.4) is 0 Å². The molecule has 0 unspecified atom stereocenters. The quantitative estimate of drug-likeness (QED) is 0.879. The van der Waals surface area contributed by atoms with Gasteiger partial charge in [0.15, 0.2) is 0 Å². The van der Waals surface area contributed by atoms with E-state index < -0.39 is 0 Å². The van der Waals surface area contributed by atoms with E-state index in [1.165, 1.54) is 29.2 Å². The van der Waals surface area contributed by atoms with Crippen LogP contribution in [0.4, 0.5) is 0 Å². The number of benzene rings is 2. The Hall–Kier alpha value is -1.38. The second kappa shape index (κ2) is 7.14. The maximum atomic E-state index is 8.88. The lowest BCUT2D eigenvalue weighted by Crippen LogP contribution is -1.91. The van der Waals surface area contributed by atoms with Gasteiger partial charge in [-0.25, -0.2) is 0 Å². The van der Waals surface area contributed by atoms with Crippen LogP contribution in [0.2, 0.25) is 0 Å². The molecular weight excluding hydrogens is 224 g/mol. The number of hydrogen-bond acceptors (Lipinski definition) is 2. The van der Waals surface area contributed by atoms with Crippen molar-refractivity contribution in [2.24, 2.45) is 0 Å². The Labute approximate surface area is 108 Å². The third-order valence-corrected chi connectivity index (χ3v) is 3.09. The minimum Gasteiger partial charge on any atom is -0.396 e. The fourth-order valence-corrected chi connectivity index (χ4v) is 2.14. The van der Waals surface area contributed by atoms with E-state index in [9.17, 15) is 0 Å². The zero-order valence-electron chi connectivity index (χ0n) is 10.6. The van der Waals surface area contributed by atoms with Gasteiger partial charge in [-0.15, -0.1) is 0 Å². The molecule has 0 radical (unpaired) electrons. The topological polar surface area (TPSA) is 29.5 Å². The Bertz CT molecular complexity index is 462. The van der Waals surface area contributed by atoms with E-state index in [1.807, 2.05) is 18.2 Å². The van der Waals surface area contributed by atoms with Gasteiger partial charge in [-0.2, -0.15) is 0 Å². The zero-order valence-corrected chi connectivity index (χ0v) is 10.6. The van der Waals surface area contributed by atoms with E-state index in [-0.39, 0.29) is 6.61 Å². The van der Waals surface area contributed by atoms with Crippen molar-refractivity contribution in [3.05, 3.63) is 48.0 Å². The van der Waals surface area contributed by atoms with Crippen LogP contribution < -0.4 is 0 Å². The summed E-state index contributed by atoms with van der Waals surface area (Å²) in [5.41, 5.74) is 1.22. The van der Waals surface area contributed by atoms with E-state index in [2.05, 4.69) is 24.3 Å². The van der Waals surface area contributed by atoms with Crippen LogP contribution in [0.25, 0.3) is 10.8 Å². The summed E-state index contributed by atoms with van der Waals surface area (Å²) < 4.78 is 4.94. The second-order valence-corrected chi connectivity index (χ2v) is 4.43. The SMILES string of the molecule is C1CCOC1.OCCc1cccc2ccccc12. The summed E-state index contributed by atoms with van der Waals surface area (Å²) in [5.74, 6) is 0. The van der Waals surface area contributed by atoms with E-state index in [0.29, 0.717) is 0 Å². The van der Waals surface area contributed by atoms with Crippen molar-refractivity contribution in [2.45, 2.75) is 19.3 Å². The number of aliphatic hydroxyl groups excluding tert-OH is 1. The van der Waals surface area contributed by atoms with Crippen molar-refractivity contribution in [3.63, 3.8) is 0 Å². The fourth-order valence-electron chi connectivity index (χ4n) is 2.14. The molecule has 0 spiro atoms. The fraction of sp³-hybridized carbons (Fsp3) is 0.375. The predicted octanol–water partition coefficient (Wildman–Crippen LogP) is 3.17. The number of aliphatic hydroxyl groups is 1. The maximum Gasteiger partial charge on any atom is 0.0471 e. The van der Waals surface area contributed by atoms with Crippen molar-refractivity contribution < 1.29 is 9.84 Å². The molecule has 3 rings (SSSR count). The number of rotatable bonds is 2. The average Bonchev–Trinajstić information content (AvgIpc) is 2.99. The lowest BCUT2D eigenvalue weighted by molar-refractivity contribution is 0.198. The molecule has 1 aliphatic heterocycles. The normalized spacial score (nSPS) is 14.3. The van der Waals surface area contributed by atoms with Crippen molar-refractivity contribution in [1.29, 1.82) is 0 Å². The third-order valence-electron chi connectivity index (χ3n) is 3.09. The maximum absolute atomic E-state index is 8.88. The van der Waals surface area contributed by atoms with Crippen LogP contribution in [0, 0.1) is 0 Å². The molecule has 1 aliphatic rings. The highest BCUT2D eigenvalue weighted by atomic mass is 16.5. The Morgan fingerprint density at radius 2 is 1.67 bits per heavy atom. The Morgan fingerprint density at radius 3 is 2.33 bits per heavy atom. The van der Waals surface area contributed by atoms with E-state index >= 15 is 0 Å². The van der Waals surface area contributed by atoms with Crippen LogP contribution in [-0.2, 0) is 11.2 Å². The lowest BCUT2D eigenvalue weighted by Gasteiger charge is -2.03. The highest BCUT2D eigenvalue weighted by molar-refractivity contribution is 5.85. The van der Waals surface area contributed by atoms with Crippen molar-refractivity contribution in [1.82, 2.24) is 0 Å². The molecule has 0 aliphatic carbocycles. The molecule has 2 aromatic rings. The summed E-state index contributed by atoms with van der Waals surface area (Å²) >= 11 is 0. The summed E-state index contributed by atoms with van der Waals surface area (Å²) in [5, 5.41) is 11.4. The van der Waals surface area contributed by atoms with Gasteiger partial charge in [0.25, 0.3) is 0 Å². The third kappa shape index (κ3) is 3.56. The second-order valence-electron chi connectivity index (χ2n) is 4.43. The molecule has 1 fully saturated rings. The van der Waals surface area contributed by atoms with Gasteiger partial charge in [0.05, 0.1) is 0 Å². The minimum atomic E-state index is 0.216. The first-order valence-corrected chi connectivity index (χ1v) is 6.57. The predicted molar refractivity (Wildman–Crippen MR) is 74.8 cm³/mol. The molecule has 96 valence electrons. The van der Waals surface area contributed by atoms with Gasteiger partial charge in [-0.3, -0.25) is 0 Å². The monoisotopic (exact) mass is 244 g/mol. The van der Waals surface area contributed by atoms with Gasteiger partial charge in [-0.05, 0) is 35.6 Å². The summed E-state index contributed by atoms with van der Waals surface area (Å²) in [6.45, 7) is 2.22. The molecule has 1 heterocycles. The van der Waals surface area contributed by atoms with Crippen LogP contribution in [0.1, 0.15) is 18.4 Å². The van der Waals surface area contributed by atoms with Crippen molar-refractivity contribution in [2.75, 3.05) is 19.8 Å². The molecule has 0 atom stereocenters. The van der Waals surface area contributed by atoms with Crippen molar-refractivity contribution in [3.8, 4) is 0 Å². The number of ether oxygens (including phenoxy) is 1. The molecule has 2 aromatic carbocycles. The summed E-state index contributed by atoms with van der Waals surface area (Å²) in [6.07, 6.45) is 3.29. The summed E-state index contributed by atoms with van der Waals surface area (Å²) in [6, 6.07) is 14.5. The Morgan fingerprint density at radius 1 is 0.944 bits per heavy atom. The van der Waals surface area contributed by atoms with Gasteiger partial charge < -0.3 is 9.84 Å². The largest absolute Gasteiger partial charge is 0.396 e. The van der Waals surface area contributed by atoms with Crippen LogP contribution in [0.5, 0.6) is 0 Å². The highest BCUT2D eigenvalue weighted by Gasteiger charge is 1.97. The molecule has 0 saturated carbocycles. The Kier molecular flexibility index (Phi) is 5.18. The van der Waals surface area contributed by atoms with Gasteiger partial charge in [0.2, 0.25) is 0 Å². The summed E-state index contributed by atoms with van der Waals surface area (Å²) in [7, 11) is 0. The number of fused-ring (bicyclic) bond motifs is 1. The Balaban J connectivity index is 0.000000202. The highest BCUT2D eigenvalue weighted by Crippen LogP contribution is 2.18. The standard InChI is InChI=1S/C12H12O.C4H8O/c13-9-8-11-6-3-5-10-4-1-2-7-12(10)11;1-2-4-5-3-1/h1-7,13H,8-9H2;1-4H2. The zero-order chi connectivity index (χ0) is 12.6. The molecule has 2 heteroatoms. The van der Waals surface area contributed by atoms with E-state index in [4.69, 9.17) is 9.84 Å². The molecule has 0 bridgehead atoms. The molecular formula is C16H20O2. The first-order chi connectivity index (χ1) is 8.92. The molecule has 1 N–H and O–H groups in total. The molecule has 0 aromatic heterocycles. The van der Waals surface area contributed by atoms with Crippen LogP contribution in [-0.4, -0.2) is 24.9 Å². The first kappa shape index (κ1) is 13.1. The van der Waals surface area contributed by atoms with E-state index in [0.717, 1.165) is 19.6 Å². The number of hydrogen-bond donors (Lipinski definition) is 1. The summed E-state index contributed by atoms with van der Waals surface area (Å²) in [4.78, 5) is 0. The van der Waals surface area contributed by atoms with Gasteiger partial charge in [0, 0.05) is 19.8 Å².